The summed E-state index contributed by atoms with van der Waals surface area (Å²) in [6, 6.07) is 8.26. The van der Waals surface area contributed by atoms with Crippen molar-refractivity contribution in [3.8, 4) is 0 Å². The fourth-order valence-electron chi connectivity index (χ4n) is 3.04. The molecule has 2 aromatic rings. The van der Waals surface area contributed by atoms with Crippen LogP contribution < -0.4 is 4.90 Å². The monoisotopic (exact) mass is 298 g/mol. The van der Waals surface area contributed by atoms with E-state index in [4.69, 9.17) is 9.72 Å². The summed E-state index contributed by atoms with van der Waals surface area (Å²) in [6.07, 6.45) is 3.83. The van der Waals surface area contributed by atoms with E-state index < -0.39 is 0 Å². The lowest BCUT2D eigenvalue weighted by Gasteiger charge is -2.30. The Morgan fingerprint density at radius 1 is 1.23 bits per heavy atom. The molecule has 116 valence electrons. The highest BCUT2D eigenvalue weighted by Gasteiger charge is 2.14. The predicted molar refractivity (Wildman–Crippen MR) is 88.0 cm³/mol. The van der Waals surface area contributed by atoms with Crippen molar-refractivity contribution in [2.75, 3.05) is 18.0 Å². The Morgan fingerprint density at radius 3 is 2.73 bits per heavy atom. The second kappa shape index (κ2) is 6.34. The summed E-state index contributed by atoms with van der Waals surface area (Å²) < 4.78 is 5.08. The largest absolute Gasteiger partial charge is 0.461 e. The summed E-state index contributed by atoms with van der Waals surface area (Å²) >= 11 is 0. The van der Waals surface area contributed by atoms with Crippen LogP contribution in [0.2, 0.25) is 0 Å². The molecule has 22 heavy (non-hydrogen) atoms. The van der Waals surface area contributed by atoms with Gasteiger partial charge in [-0.3, -0.25) is 9.78 Å². The molecular weight excluding hydrogens is 276 g/mol. The second-order valence-corrected chi connectivity index (χ2v) is 5.95. The topological polar surface area (TPSA) is 42.4 Å². The minimum atomic E-state index is -0.254. The number of hydrogen-bond acceptors (Lipinski definition) is 4. The van der Waals surface area contributed by atoms with Crippen molar-refractivity contribution in [1.29, 1.82) is 0 Å². The molecule has 4 nitrogen and oxygen atoms in total. The van der Waals surface area contributed by atoms with Crippen molar-refractivity contribution in [3.63, 3.8) is 0 Å². The lowest BCUT2D eigenvalue weighted by Crippen LogP contribution is -2.30. The van der Waals surface area contributed by atoms with Gasteiger partial charge in [0.2, 0.25) is 0 Å². The summed E-state index contributed by atoms with van der Waals surface area (Å²) in [5.74, 6) is -0.254. The SMILES string of the molecule is CC(=O)OCc1ccc2nc(C)c(N3CCCCC3)cc2c1. The molecule has 0 unspecified atom stereocenters. The van der Waals surface area contributed by atoms with E-state index >= 15 is 0 Å². The van der Waals surface area contributed by atoms with E-state index in [0.717, 1.165) is 35.2 Å². The summed E-state index contributed by atoms with van der Waals surface area (Å²) in [6.45, 7) is 6.05. The van der Waals surface area contributed by atoms with E-state index in [1.165, 1.54) is 31.9 Å². The number of benzene rings is 1. The number of carbonyl (C=O) groups is 1. The lowest BCUT2D eigenvalue weighted by atomic mass is 10.1. The molecule has 0 radical (unpaired) electrons. The van der Waals surface area contributed by atoms with Gasteiger partial charge in [-0.15, -0.1) is 0 Å². The molecule has 1 aromatic carbocycles. The maximum atomic E-state index is 10.9. The third kappa shape index (κ3) is 3.21. The van der Waals surface area contributed by atoms with Crippen LogP contribution in [0, 0.1) is 6.92 Å². The number of ether oxygens (including phenoxy) is 1. The molecule has 1 aliphatic heterocycles. The van der Waals surface area contributed by atoms with Crippen molar-refractivity contribution in [1.82, 2.24) is 4.98 Å². The number of rotatable bonds is 3. The number of esters is 1. The molecule has 1 aromatic heterocycles. The summed E-state index contributed by atoms with van der Waals surface area (Å²) in [7, 11) is 0. The number of nitrogens with zero attached hydrogens (tertiary/aromatic N) is 2. The normalized spacial score (nSPS) is 15.1. The number of piperidine rings is 1. The number of fused-ring (bicyclic) bond motifs is 1. The first-order chi connectivity index (χ1) is 10.6. The standard InChI is InChI=1S/C18H22N2O2/c1-13-18(20-8-4-3-5-9-20)11-16-10-15(12-22-14(2)21)6-7-17(16)19-13/h6-7,10-11H,3-5,8-9,12H2,1-2H3. The van der Waals surface area contributed by atoms with Crippen LogP contribution in [0.1, 0.15) is 37.4 Å². The molecule has 1 fully saturated rings. The van der Waals surface area contributed by atoms with Crippen LogP contribution in [0.5, 0.6) is 0 Å². The maximum absolute atomic E-state index is 10.9. The molecule has 3 rings (SSSR count). The number of anilines is 1. The molecule has 0 saturated carbocycles. The first-order valence-electron chi connectivity index (χ1n) is 7.92. The van der Waals surface area contributed by atoms with Crippen LogP contribution in [-0.2, 0) is 16.1 Å². The van der Waals surface area contributed by atoms with Crippen LogP contribution in [0.15, 0.2) is 24.3 Å². The number of aromatic nitrogens is 1. The first kappa shape index (κ1) is 14.8. The van der Waals surface area contributed by atoms with Gasteiger partial charge in [-0.1, -0.05) is 6.07 Å². The van der Waals surface area contributed by atoms with Crippen molar-refractivity contribution in [3.05, 3.63) is 35.5 Å². The van der Waals surface area contributed by atoms with Gasteiger partial charge in [0.1, 0.15) is 6.61 Å². The minimum absolute atomic E-state index is 0.254. The van der Waals surface area contributed by atoms with Gasteiger partial charge in [0.25, 0.3) is 0 Å². The Morgan fingerprint density at radius 2 is 2.00 bits per heavy atom. The molecule has 2 heterocycles. The Balaban J connectivity index is 1.92. The minimum Gasteiger partial charge on any atom is -0.461 e. The Hall–Kier alpha value is -2.10. The fourth-order valence-corrected chi connectivity index (χ4v) is 3.04. The summed E-state index contributed by atoms with van der Waals surface area (Å²) in [5.41, 5.74) is 4.31. The molecule has 0 aliphatic carbocycles. The molecule has 0 bridgehead atoms. The van der Waals surface area contributed by atoms with Crippen LogP contribution >= 0.6 is 0 Å². The molecule has 0 amide bonds. The number of pyridine rings is 1. The van der Waals surface area contributed by atoms with E-state index in [1.807, 2.05) is 12.1 Å². The van der Waals surface area contributed by atoms with E-state index in [2.05, 4.69) is 24.0 Å². The van der Waals surface area contributed by atoms with Gasteiger partial charge in [-0.25, -0.2) is 0 Å². The average Bonchev–Trinajstić information content (AvgIpc) is 2.53. The van der Waals surface area contributed by atoms with Crippen LogP contribution in [0.4, 0.5) is 5.69 Å². The second-order valence-electron chi connectivity index (χ2n) is 5.95. The highest BCUT2D eigenvalue weighted by atomic mass is 16.5. The van der Waals surface area contributed by atoms with Gasteiger partial charge < -0.3 is 9.64 Å². The van der Waals surface area contributed by atoms with Gasteiger partial charge in [0, 0.05) is 25.4 Å². The third-order valence-corrected chi connectivity index (χ3v) is 4.18. The van der Waals surface area contributed by atoms with Gasteiger partial charge in [-0.2, -0.15) is 0 Å². The van der Waals surface area contributed by atoms with Crippen molar-refractivity contribution < 1.29 is 9.53 Å². The smallest absolute Gasteiger partial charge is 0.302 e. The van der Waals surface area contributed by atoms with E-state index in [9.17, 15) is 4.79 Å². The maximum Gasteiger partial charge on any atom is 0.302 e. The molecular formula is C18H22N2O2. The molecule has 0 spiro atoms. The van der Waals surface area contributed by atoms with Crippen molar-refractivity contribution >= 4 is 22.6 Å². The zero-order valence-electron chi connectivity index (χ0n) is 13.3. The van der Waals surface area contributed by atoms with Crippen molar-refractivity contribution in [2.24, 2.45) is 0 Å². The molecule has 1 saturated heterocycles. The van der Waals surface area contributed by atoms with Gasteiger partial charge in [0.15, 0.2) is 0 Å². The quantitative estimate of drug-likeness (QED) is 0.812. The van der Waals surface area contributed by atoms with Crippen molar-refractivity contribution in [2.45, 2.75) is 39.7 Å². The van der Waals surface area contributed by atoms with Gasteiger partial charge in [-0.05, 0) is 49.9 Å². The van der Waals surface area contributed by atoms with E-state index in [1.54, 1.807) is 0 Å². The molecule has 0 atom stereocenters. The summed E-state index contributed by atoms with van der Waals surface area (Å²) in [5, 5.41) is 1.11. The number of hydrogen-bond donors (Lipinski definition) is 0. The summed E-state index contributed by atoms with van der Waals surface area (Å²) in [4.78, 5) is 18.1. The number of aryl methyl sites for hydroxylation is 1. The first-order valence-corrected chi connectivity index (χ1v) is 7.92. The van der Waals surface area contributed by atoms with Crippen LogP contribution in [0.25, 0.3) is 10.9 Å². The van der Waals surface area contributed by atoms with E-state index in [-0.39, 0.29) is 5.97 Å². The predicted octanol–water partition coefficient (Wildman–Crippen LogP) is 3.60. The molecule has 1 aliphatic rings. The Kier molecular flexibility index (Phi) is 4.27. The highest BCUT2D eigenvalue weighted by molar-refractivity contribution is 5.83. The van der Waals surface area contributed by atoms with E-state index in [0.29, 0.717) is 6.61 Å². The van der Waals surface area contributed by atoms with Gasteiger partial charge >= 0.3 is 5.97 Å². The molecule has 0 N–H and O–H groups in total. The third-order valence-electron chi connectivity index (χ3n) is 4.18. The highest BCUT2D eigenvalue weighted by Crippen LogP contribution is 2.27. The number of carbonyl (C=O) groups excluding carboxylic acids is 1. The molecule has 4 heteroatoms. The van der Waals surface area contributed by atoms with Gasteiger partial charge in [0.05, 0.1) is 16.9 Å². The Bertz CT molecular complexity index is 691. The van der Waals surface area contributed by atoms with Crippen LogP contribution in [0.3, 0.4) is 0 Å². The zero-order chi connectivity index (χ0) is 15.5. The lowest BCUT2D eigenvalue weighted by molar-refractivity contribution is -0.142. The zero-order valence-corrected chi connectivity index (χ0v) is 13.3. The average molecular weight is 298 g/mol. The fraction of sp³-hybridized carbons (Fsp3) is 0.444. The Labute approximate surface area is 131 Å². The van der Waals surface area contributed by atoms with Crippen LogP contribution in [-0.4, -0.2) is 24.0 Å².